The third-order valence-electron chi connectivity index (χ3n) is 4.31. The second-order valence-corrected chi connectivity index (χ2v) is 5.60. The van der Waals surface area contributed by atoms with E-state index in [1.807, 2.05) is 12.3 Å². The zero-order valence-corrected chi connectivity index (χ0v) is 11.8. The van der Waals surface area contributed by atoms with Gasteiger partial charge in [0.05, 0.1) is 11.7 Å². The van der Waals surface area contributed by atoms with Crippen LogP contribution in [0.2, 0.25) is 0 Å². The quantitative estimate of drug-likeness (QED) is 0.660. The first kappa shape index (κ1) is 13.3. The van der Waals surface area contributed by atoms with Crippen molar-refractivity contribution in [2.75, 3.05) is 0 Å². The van der Waals surface area contributed by atoms with Crippen molar-refractivity contribution < 1.29 is 0 Å². The minimum Gasteiger partial charge on any atom is -0.271 e. The van der Waals surface area contributed by atoms with Gasteiger partial charge < -0.3 is 0 Å². The molecule has 3 N–H and O–H groups in total. The molecular weight excluding hydrogens is 246 g/mol. The number of nitrogens with zero attached hydrogens (tertiary/aromatic N) is 1. The molecule has 3 heteroatoms. The molecule has 0 aliphatic heterocycles. The number of rotatable bonds is 4. The molecule has 20 heavy (non-hydrogen) atoms. The summed E-state index contributed by atoms with van der Waals surface area (Å²) in [6.07, 6.45) is 5.80. The maximum absolute atomic E-state index is 5.79. The lowest BCUT2D eigenvalue weighted by Crippen LogP contribution is -2.30. The third kappa shape index (κ3) is 2.47. The van der Waals surface area contributed by atoms with Crippen LogP contribution in [0.1, 0.15) is 53.6 Å². The van der Waals surface area contributed by atoms with Crippen LogP contribution in [-0.2, 0) is 0 Å². The molecule has 104 valence electrons. The Bertz CT molecular complexity index is 590. The van der Waals surface area contributed by atoms with E-state index < -0.39 is 0 Å². The molecule has 1 fully saturated rings. The van der Waals surface area contributed by atoms with Gasteiger partial charge in [0, 0.05) is 6.20 Å². The van der Waals surface area contributed by atoms with Crippen LogP contribution in [0.25, 0.3) is 0 Å². The average molecular weight is 267 g/mol. The van der Waals surface area contributed by atoms with Crippen molar-refractivity contribution in [1.82, 2.24) is 10.4 Å². The van der Waals surface area contributed by atoms with E-state index in [4.69, 9.17) is 5.84 Å². The van der Waals surface area contributed by atoms with Crippen LogP contribution in [-0.4, -0.2) is 4.98 Å². The fourth-order valence-corrected chi connectivity index (χ4v) is 2.87. The Balaban J connectivity index is 1.95. The molecule has 1 aliphatic rings. The van der Waals surface area contributed by atoms with Crippen LogP contribution in [0.5, 0.6) is 0 Å². The Kier molecular flexibility index (Phi) is 3.81. The van der Waals surface area contributed by atoms with Crippen LogP contribution < -0.4 is 11.3 Å². The molecule has 1 heterocycles. The van der Waals surface area contributed by atoms with Gasteiger partial charge in [-0.25, -0.2) is 5.43 Å². The number of hydrogen-bond donors (Lipinski definition) is 2. The topological polar surface area (TPSA) is 50.9 Å². The first-order valence-corrected chi connectivity index (χ1v) is 7.27. The van der Waals surface area contributed by atoms with Gasteiger partial charge in [0.25, 0.3) is 0 Å². The smallest absolute Gasteiger partial charge is 0.0884 e. The van der Waals surface area contributed by atoms with Crippen molar-refractivity contribution in [2.24, 2.45) is 5.84 Å². The fraction of sp³-hybridized carbons (Fsp3) is 0.353. The zero-order chi connectivity index (χ0) is 13.9. The fourth-order valence-electron chi connectivity index (χ4n) is 2.87. The van der Waals surface area contributed by atoms with Crippen LogP contribution >= 0.6 is 0 Å². The van der Waals surface area contributed by atoms with E-state index in [9.17, 15) is 0 Å². The summed E-state index contributed by atoms with van der Waals surface area (Å²) in [7, 11) is 0. The van der Waals surface area contributed by atoms with E-state index in [1.54, 1.807) is 0 Å². The van der Waals surface area contributed by atoms with Gasteiger partial charge in [-0.2, -0.15) is 0 Å². The molecule has 1 aliphatic carbocycles. The molecule has 1 saturated carbocycles. The normalized spacial score (nSPS) is 16.7. The van der Waals surface area contributed by atoms with Gasteiger partial charge in [-0.15, -0.1) is 0 Å². The maximum atomic E-state index is 5.79. The maximum Gasteiger partial charge on any atom is 0.0884 e. The van der Waals surface area contributed by atoms with Gasteiger partial charge in [-0.05, 0) is 48.4 Å². The lowest BCUT2D eigenvalue weighted by atomic mass is 9.79. The molecule has 0 radical (unpaired) electrons. The van der Waals surface area contributed by atoms with E-state index in [2.05, 4.69) is 47.7 Å². The summed E-state index contributed by atoms with van der Waals surface area (Å²) in [5.41, 5.74) is 7.70. The van der Waals surface area contributed by atoms with Crippen molar-refractivity contribution in [3.63, 3.8) is 0 Å². The molecule has 1 aromatic carbocycles. The summed E-state index contributed by atoms with van der Waals surface area (Å²) in [5.74, 6) is 6.52. The summed E-state index contributed by atoms with van der Waals surface area (Å²) < 4.78 is 0. The molecule has 0 bridgehead atoms. The summed E-state index contributed by atoms with van der Waals surface area (Å²) in [5, 5.41) is 0. The Hall–Kier alpha value is -1.71. The molecular formula is C17H21N3. The van der Waals surface area contributed by atoms with Gasteiger partial charge in [-0.1, -0.05) is 36.8 Å². The lowest BCUT2D eigenvalue weighted by molar-refractivity contribution is 0.419. The highest BCUT2D eigenvalue weighted by Gasteiger charge is 2.21. The van der Waals surface area contributed by atoms with Crippen LogP contribution in [0.4, 0.5) is 0 Å². The van der Waals surface area contributed by atoms with E-state index in [0.29, 0.717) is 0 Å². The van der Waals surface area contributed by atoms with Crippen molar-refractivity contribution in [3.05, 3.63) is 65.0 Å². The highest BCUT2D eigenvalue weighted by Crippen LogP contribution is 2.37. The molecule has 0 spiro atoms. The zero-order valence-electron chi connectivity index (χ0n) is 11.8. The molecule has 1 unspecified atom stereocenters. The number of nitrogens with two attached hydrogens (primary N) is 1. The van der Waals surface area contributed by atoms with Crippen molar-refractivity contribution in [2.45, 2.75) is 38.1 Å². The Morgan fingerprint density at radius 1 is 1.25 bits per heavy atom. The van der Waals surface area contributed by atoms with Gasteiger partial charge >= 0.3 is 0 Å². The molecule has 1 atom stereocenters. The number of hydrogen-bond acceptors (Lipinski definition) is 3. The summed E-state index contributed by atoms with van der Waals surface area (Å²) in [4.78, 5) is 4.49. The summed E-state index contributed by atoms with van der Waals surface area (Å²) >= 11 is 0. The molecule has 2 aromatic rings. The highest BCUT2D eigenvalue weighted by atomic mass is 15.2. The lowest BCUT2D eigenvalue weighted by Gasteiger charge is -2.27. The number of hydrazine groups is 1. The van der Waals surface area contributed by atoms with Gasteiger partial charge in [0.15, 0.2) is 0 Å². The third-order valence-corrected chi connectivity index (χ3v) is 4.31. The van der Waals surface area contributed by atoms with E-state index in [0.717, 1.165) is 17.2 Å². The number of aromatic nitrogens is 1. The minimum absolute atomic E-state index is 0.0452. The van der Waals surface area contributed by atoms with E-state index in [-0.39, 0.29) is 6.04 Å². The second-order valence-electron chi connectivity index (χ2n) is 5.60. The van der Waals surface area contributed by atoms with Gasteiger partial charge in [0.2, 0.25) is 0 Å². The molecule has 1 aromatic heterocycles. The summed E-state index contributed by atoms with van der Waals surface area (Å²) in [6.45, 7) is 2.07. The van der Waals surface area contributed by atoms with Gasteiger partial charge in [-0.3, -0.25) is 10.8 Å². The molecule has 0 amide bonds. The SMILES string of the molecule is Cc1cccnc1C(NN)c1cccc(C2CCC2)c1. The van der Waals surface area contributed by atoms with Crippen LogP contribution in [0.15, 0.2) is 42.6 Å². The van der Waals surface area contributed by atoms with Crippen molar-refractivity contribution in [3.8, 4) is 0 Å². The first-order chi connectivity index (χ1) is 9.79. The van der Waals surface area contributed by atoms with Gasteiger partial charge in [0.1, 0.15) is 0 Å². The summed E-state index contributed by atoms with van der Waals surface area (Å²) in [6, 6.07) is 12.7. The van der Waals surface area contributed by atoms with Crippen LogP contribution in [0, 0.1) is 6.92 Å². The van der Waals surface area contributed by atoms with E-state index >= 15 is 0 Å². The first-order valence-electron chi connectivity index (χ1n) is 7.27. The van der Waals surface area contributed by atoms with Crippen molar-refractivity contribution >= 4 is 0 Å². The monoisotopic (exact) mass is 267 g/mol. The number of benzene rings is 1. The molecule has 3 rings (SSSR count). The number of pyridine rings is 1. The number of aryl methyl sites for hydroxylation is 1. The van der Waals surface area contributed by atoms with Crippen molar-refractivity contribution in [1.29, 1.82) is 0 Å². The predicted octanol–water partition coefficient (Wildman–Crippen LogP) is 3.21. The molecule has 3 nitrogen and oxygen atoms in total. The largest absolute Gasteiger partial charge is 0.271 e. The minimum atomic E-state index is -0.0452. The molecule has 0 saturated heterocycles. The standard InChI is InChI=1S/C17H21N3/c1-12-5-4-10-19-16(12)17(20-18)15-9-3-8-14(11-15)13-6-2-7-13/h3-5,8-11,13,17,20H,2,6-7,18H2,1H3. The Morgan fingerprint density at radius 2 is 2.10 bits per heavy atom. The van der Waals surface area contributed by atoms with E-state index in [1.165, 1.54) is 30.4 Å². The number of nitrogens with one attached hydrogen (secondary N) is 1. The second kappa shape index (κ2) is 5.73. The van der Waals surface area contributed by atoms with Crippen LogP contribution in [0.3, 0.4) is 0 Å². The average Bonchev–Trinajstić information content (AvgIpc) is 2.40. The Labute approximate surface area is 120 Å². The Morgan fingerprint density at radius 3 is 2.75 bits per heavy atom. The highest BCUT2D eigenvalue weighted by molar-refractivity contribution is 5.36. The predicted molar refractivity (Wildman–Crippen MR) is 81.2 cm³/mol.